The summed E-state index contributed by atoms with van der Waals surface area (Å²) in [5.41, 5.74) is 0.405. The maximum Gasteiger partial charge on any atom is 0.222 e. The van der Waals surface area contributed by atoms with Crippen molar-refractivity contribution >= 4 is 5.91 Å². The number of hydrogen-bond donors (Lipinski definition) is 1. The van der Waals surface area contributed by atoms with Gasteiger partial charge in [0.15, 0.2) is 0 Å². The average Bonchev–Trinajstić information content (AvgIpc) is 2.76. The van der Waals surface area contributed by atoms with Gasteiger partial charge in [-0.05, 0) is 37.5 Å². The smallest absolute Gasteiger partial charge is 0.222 e. The lowest BCUT2D eigenvalue weighted by molar-refractivity contribution is -0.123. The Morgan fingerprint density at radius 3 is 2.81 bits per heavy atom. The van der Waals surface area contributed by atoms with E-state index >= 15 is 0 Å². The molecule has 3 nitrogen and oxygen atoms in total. The van der Waals surface area contributed by atoms with Crippen molar-refractivity contribution in [2.75, 3.05) is 6.61 Å². The molecule has 2 rings (SSSR count). The minimum absolute atomic E-state index is 0.175. The Labute approximate surface area is 97.9 Å². The van der Waals surface area contributed by atoms with E-state index in [1.54, 1.807) is 0 Å². The molecule has 2 fully saturated rings. The molecule has 1 heterocycles. The molecule has 16 heavy (non-hydrogen) atoms. The lowest BCUT2D eigenvalue weighted by Crippen LogP contribution is -2.35. The minimum Gasteiger partial charge on any atom is -0.378 e. The van der Waals surface area contributed by atoms with E-state index in [4.69, 9.17) is 4.74 Å². The van der Waals surface area contributed by atoms with E-state index in [2.05, 4.69) is 19.2 Å². The molecule has 2 unspecified atom stereocenters. The van der Waals surface area contributed by atoms with Gasteiger partial charge in [0, 0.05) is 12.6 Å². The first-order chi connectivity index (χ1) is 7.55. The molecule has 1 amide bonds. The van der Waals surface area contributed by atoms with Crippen molar-refractivity contribution in [3.05, 3.63) is 0 Å². The highest BCUT2D eigenvalue weighted by Crippen LogP contribution is 2.36. The maximum atomic E-state index is 11.8. The summed E-state index contributed by atoms with van der Waals surface area (Å²) in [5.74, 6) is 0.176. The molecule has 1 aliphatic carbocycles. The number of rotatable bonds is 3. The van der Waals surface area contributed by atoms with E-state index in [1.807, 2.05) is 0 Å². The summed E-state index contributed by atoms with van der Waals surface area (Å²) in [7, 11) is 0. The van der Waals surface area contributed by atoms with Crippen LogP contribution in [-0.4, -0.2) is 24.7 Å². The molecule has 2 atom stereocenters. The molecule has 2 aliphatic rings. The Balaban J connectivity index is 1.71. The topological polar surface area (TPSA) is 38.3 Å². The molecule has 0 spiro atoms. The second kappa shape index (κ2) is 4.74. The molecule has 92 valence electrons. The third kappa shape index (κ3) is 3.21. The highest BCUT2D eigenvalue weighted by molar-refractivity contribution is 5.76. The zero-order valence-corrected chi connectivity index (χ0v) is 10.4. The van der Waals surface area contributed by atoms with Crippen LogP contribution in [0, 0.1) is 5.41 Å². The van der Waals surface area contributed by atoms with Gasteiger partial charge in [-0.15, -0.1) is 0 Å². The van der Waals surface area contributed by atoms with Gasteiger partial charge in [-0.2, -0.15) is 0 Å². The van der Waals surface area contributed by atoms with Crippen LogP contribution in [0.4, 0.5) is 0 Å². The van der Waals surface area contributed by atoms with Gasteiger partial charge in [-0.3, -0.25) is 4.79 Å². The molecule has 0 aromatic rings. The maximum absolute atomic E-state index is 11.8. The summed E-state index contributed by atoms with van der Waals surface area (Å²) < 4.78 is 5.47. The summed E-state index contributed by atoms with van der Waals surface area (Å²) >= 11 is 0. The van der Waals surface area contributed by atoms with Gasteiger partial charge in [-0.1, -0.05) is 13.8 Å². The Kier molecular flexibility index (Phi) is 3.53. The van der Waals surface area contributed by atoms with Gasteiger partial charge in [0.2, 0.25) is 5.91 Å². The zero-order chi connectivity index (χ0) is 11.6. The van der Waals surface area contributed by atoms with Crippen LogP contribution in [0.2, 0.25) is 0 Å². The molecule has 1 N–H and O–H groups in total. The standard InChI is InChI=1S/C13H23NO2/c1-13(2)6-5-10(9-13)14-12(15)8-11-4-3-7-16-11/h10-11H,3-9H2,1-2H3,(H,14,15). The van der Waals surface area contributed by atoms with Crippen molar-refractivity contribution in [3.8, 4) is 0 Å². The number of amides is 1. The fourth-order valence-corrected chi connectivity index (χ4v) is 2.86. The summed E-state index contributed by atoms with van der Waals surface area (Å²) in [6, 6.07) is 0.393. The first kappa shape index (κ1) is 11.9. The Morgan fingerprint density at radius 2 is 2.25 bits per heavy atom. The average molecular weight is 225 g/mol. The van der Waals surface area contributed by atoms with Crippen LogP contribution in [0.5, 0.6) is 0 Å². The zero-order valence-electron chi connectivity index (χ0n) is 10.4. The molecule has 3 heteroatoms. The molecular formula is C13H23NO2. The fraction of sp³-hybridized carbons (Fsp3) is 0.923. The Bertz CT molecular complexity index is 257. The highest BCUT2D eigenvalue weighted by Gasteiger charge is 2.32. The van der Waals surface area contributed by atoms with Gasteiger partial charge in [0.25, 0.3) is 0 Å². The number of hydrogen-bond acceptors (Lipinski definition) is 2. The van der Waals surface area contributed by atoms with Gasteiger partial charge in [-0.25, -0.2) is 0 Å². The van der Waals surface area contributed by atoms with Gasteiger partial charge < -0.3 is 10.1 Å². The van der Waals surface area contributed by atoms with Gasteiger partial charge in [0.05, 0.1) is 12.5 Å². The monoisotopic (exact) mass is 225 g/mol. The molecule has 0 aromatic heterocycles. The van der Waals surface area contributed by atoms with Crippen LogP contribution in [0.25, 0.3) is 0 Å². The van der Waals surface area contributed by atoms with Crippen LogP contribution in [0.3, 0.4) is 0 Å². The molecule has 1 aliphatic heterocycles. The van der Waals surface area contributed by atoms with Gasteiger partial charge >= 0.3 is 0 Å². The first-order valence-corrected chi connectivity index (χ1v) is 6.46. The van der Waals surface area contributed by atoms with E-state index in [-0.39, 0.29) is 12.0 Å². The Morgan fingerprint density at radius 1 is 1.44 bits per heavy atom. The van der Waals surface area contributed by atoms with Crippen molar-refractivity contribution < 1.29 is 9.53 Å². The molecular weight excluding hydrogens is 202 g/mol. The van der Waals surface area contributed by atoms with E-state index in [1.165, 1.54) is 6.42 Å². The van der Waals surface area contributed by atoms with Crippen molar-refractivity contribution in [2.45, 2.75) is 64.5 Å². The van der Waals surface area contributed by atoms with Gasteiger partial charge in [0.1, 0.15) is 0 Å². The van der Waals surface area contributed by atoms with E-state index in [0.29, 0.717) is 17.9 Å². The minimum atomic E-state index is 0.175. The summed E-state index contributed by atoms with van der Waals surface area (Å²) in [6.07, 6.45) is 6.34. The number of carbonyl (C=O) groups excluding carboxylic acids is 1. The predicted molar refractivity (Wildman–Crippen MR) is 63.2 cm³/mol. The lowest BCUT2D eigenvalue weighted by Gasteiger charge is -2.18. The second-order valence-corrected chi connectivity index (χ2v) is 6.01. The van der Waals surface area contributed by atoms with Crippen molar-refractivity contribution in [1.29, 1.82) is 0 Å². The van der Waals surface area contributed by atoms with Crippen molar-refractivity contribution in [2.24, 2.45) is 5.41 Å². The van der Waals surface area contributed by atoms with E-state index < -0.39 is 0 Å². The van der Waals surface area contributed by atoms with Crippen LogP contribution < -0.4 is 5.32 Å². The van der Waals surface area contributed by atoms with Crippen LogP contribution in [-0.2, 0) is 9.53 Å². The van der Waals surface area contributed by atoms with Crippen molar-refractivity contribution in [3.63, 3.8) is 0 Å². The lowest BCUT2D eigenvalue weighted by atomic mass is 9.92. The Hall–Kier alpha value is -0.570. The normalized spacial score (nSPS) is 32.9. The molecule has 0 aromatic carbocycles. The number of nitrogens with one attached hydrogen (secondary N) is 1. The third-order valence-corrected chi connectivity index (χ3v) is 3.77. The third-order valence-electron chi connectivity index (χ3n) is 3.77. The molecule has 1 saturated carbocycles. The van der Waals surface area contributed by atoms with E-state index in [9.17, 15) is 4.79 Å². The summed E-state index contributed by atoms with van der Waals surface area (Å²) in [6.45, 7) is 5.38. The first-order valence-electron chi connectivity index (χ1n) is 6.46. The highest BCUT2D eigenvalue weighted by atomic mass is 16.5. The molecule has 0 radical (unpaired) electrons. The summed E-state index contributed by atoms with van der Waals surface area (Å²) in [5, 5.41) is 3.14. The quantitative estimate of drug-likeness (QED) is 0.800. The predicted octanol–water partition coefficient (Wildman–Crippen LogP) is 2.25. The number of carbonyl (C=O) groups is 1. The second-order valence-electron chi connectivity index (χ2n) is 6.01. The van der Waals surface area contributed by atoms with Crippen LogP contribution in [0.15, 0.2) is 0 Å². The van der Waals surface area contributed by atoms with Crippen LogP contribution >= 0.6 is 0 Å². The molecule has 1 saturated heterocycles. The fourth-order valence-electron chi connectivity index (χ4n) is 2.86. The van der Waals surface area contributed by atoms with Crippen LogP contribution in [0.1, 0.15) is 52.4 Å². The van der Waals surface area contributed by atoms with Crippen molar-refractivity contribution in [1.82, 2.24) is 5.32 Å². The number of ether oxygens (including phenoxy) is 1. The van der Waals surface area contributed by atoms with E-state index in [0.717, 1.165) is 32.3 Å². The largest absolute Gasteiger partial charge is 0.378 e. The SMILES string of the molecule is CC1(C)CCC(NC(=O)CC2CCCO2)C1. The summed E-state index contributed by atoms with van der Waals surface area (Å²) in [4.78, 5) is 11.8. The molecule has 0 bridgehead atoms.